The highest BCUT2D eigenvalue weighted by Gasteiger charge is 2.36. The van der Waals surface area contributed by atoms with Gasteiger partial charge in [-0.25, -0.2) is 0 Å². The molecule has 0 radical (unpaired) electrons. The number of hydrogen-bond acceptors (Lipinski definition) is 3. The van der Waals surface area contributed by atoms with Gasteiger partial charge in [0, 0.05) is 5.56 Å². The van der Waals surface area contributed by atoms with Crippen molar-refractivity contribution in [3.8, 4) is 5.75 Å². The van der Waals surface area contributed by atoms with E-state index in [0.717, 1.165) is 11.3 Å². The van der Waals surface area contributed by atoms with Crippen LogP contribution in [0.3, 0.4) is 0 Å². The van der Waals surface area contributed by atoms with Crippen LogP contribution in [0.4, 0.5) is 0 Å². The standard InChI is InChI=1S/C10H10O3/c1-2-4-8-7(3-1)10-9(5-11-8)12-6-13-10/h1-4,9-10H,5-6H2. The normalized spacial score (nSPS) is 30.5. The number of hydrogen-bond donors (Lipinski definition) is 0. The summed E-state index contributed by atoms with van der Waals surface area (Å²) in [6, 6.07) is 7.95. The first-order valence-corrected chi connectivity index (χ1v) is 4.40. The molecule has 0 N–H and O–H groups in total. The highest BCUT2D eigenvalue weighted by Crippen LogP contribution is 2.38. The SMILES string of the molecule is c1ccc2c(c1)OCC1OCOC21. The monoisotopic (exact) mass is 178 g/mol. The van der Waals surface area contributed by atoms with Crippen LogP contribution in [0.1, 0.15) is 11.7 Å². The maximum atomic E-state index is 5.53. The zero-order valence-corrected chi connectivity index (χ0v) is 7.10. The van der Waals surface area contributed by atoms with Crippen LogP contribution in [0, 0.1) is 0 Å². The second-order valence-corrected chi connectivity index (χ2v) is 3.26. The van der Waals surface area contributed by atoms with E-state index < -0.39 is 0 Å². The summed E-state index contributed by atoms with van der Waals surface area (Å²) in [7, 11) is 0. The van der Waals surface area contributed by atoms with E-state index >= 15 is 0 Å². The molecule has 0 aromatic heterocycles. The average molecular weight is 178 g/mol. The molecule has 13 heavy (non-hydrogen) atoms. The summed E-state index contributed by atoms with van der Waals surface area (Å²) >= 11 is 0. The zero-order chi connectivity index (χ0) is 8.67. The molecule has 0 bridgehead atoms. The number of rotatable bonds is 0. The molecular weight excluding hydrogens is 168 g/mol. The Balaban J connectivity index is 2.06. The summed E-state index contributed by atoms with van der Waals surface area (Å²) in [5.74, 6) is 0.925. The predicted octanol–water partition coefficient (Wildman–Crippen LogP) is 1.49. The van der Waals surface area contributed by atoms with Crippen LogP contribution in [0.25, 0.3) is 0 Å². The van der Waals surface area contributed by atoms with Crippen LogP contribution in [0.5, 0.6) is 5.75 Å². The summed E-state index contributed by atoms with van der Waals surface area (Å²) in [5, 5.41) is 0. The van der Waals surface area contributed by atoms with Gasteiger partial charge in [-0.05, 0) is 6.07 Å². The summed E-state index contributed by atoms with van der Waals surface area (Å²) in [6.45, 7) is 0.981. The van der Waals surface area contributed by atoms with Gasteiger partial charge in [0.05, 0.1) is 0 Å². The highest BCUT2D eigenvalue weighted by molar-refractivity contribution is 5.37. The van der Waals surface area contributed by atoms with Crippen molar-refractivity contribution in [2.24, 2.45) is 0 Å². The van der Waals surface area contributed by atoms with Crippen molar-refractivity contribution >= 4 is 0 Å². The summed E-state index contributed by atoms with van der Waals surface area (Å²) in [4.78, 5) is 0. The third-order valence-electron chi connectivity index (χ3n) is 2.50. The molecule has 2 unspecified atom stereocenters. The van der Waals surface area contributed by atoms with E-state index in [0.29, 0.717) is 13.4 Å². The second kappa shape index (κ2) is 2.72. The van der Waals surface area contributed by atoms with Gasteiger partial charge in [0.1, 0.15) is 31.4 Å². The maximum Gasteiger partial charge on any atom is 0.148 e. The van der Waals surface area contributed by atoms with Crippen LogP contribution in [-0.2, 0) is 9.47 Å². The van der Waals surface area contributed by atoms with Crippen LogP contribution in [-0.4, -0.2) is 19.5 Å². The summed E-state index contributed by atoms with van der Waals surface area (Å²) in [5.41, 5.74) is 1.11. The lowest BCUT2D eigenvalue weighted by atomic mass is 10.0. The van der Waals surface area contributed by atoms with Gasteiger partial charge < -0.3 is 14.2 Å². The van der Waals surface area contributed by atoms with Crippen LogP contribution in [0.2, 0.25) is 0 Å². The van der Waals surface area contributed by atoms with Gasteiger partial charge >= 0.3 is 0 Å². The van der Waals surface area contributed by atoms with Crippen molar-refractivity contribution < 1.29 is 14.2 Å². The molecule has 68 valence electrons. The molecule has 1 fully saturated rings. The fourth-order valence-electron chi connectivity index (χ4n) is 1.84. The Bertz CT molecular complexity index is 324. The zero-order valence-electron chi connectivity index (χ0n) is 7.10. The largest absolute Gasteiger partial charge is 0.490 e. The predicted molar refractivity (Wildman–Crippen MR) is 45.5 cm³/mol. The van der Waals surface area contributed by atoms with Crippen molar-refractivity contribution in [2.75, 3.05) is 13.4 Å². The Morgan fingerprint density at radius 1 is 1.15 bits per heavy atom. The van der Waals surface area contributed by atoms with Crippen molar-refractivity contribution in [1.82, 2.24) is 0 Å². The highest BCUT2D eigenvalue weighted by atomic mass is 16.7. The lowest BCUT2D eigenvalue weighted by Crippen LogP contribution is -2.28. The van der Waals surface area contributed by atoms with E-state index in [2.05, 4.69) is 0 Å². The summed E-state index contributed by atoms with van der Waals surface area (Å²) < 4.78 is 16.4. The van der Waals surface area contributed by atoms with Gasteiger partial charge in [-0.1, -0.05) is 18.2 Å². The Morgan fingerprint density at radius 2 is 2.08 bits per heavy atom. The van der Waals surface area contributed by atoms with Crippen molar-refractivity contribution in [2.45, 2.75) is 12.2 Å². The topological polar surface area (TPSA) is 27.7 Å². The third kappa shape index (κ3) is 1.04. The van der Waals surface area contributed by atoms with Crippen molar-refractivity contribution in [3.63, 3.8) is 0 Å². The minimum absolute atomic E-state index is 0.0740. The minimum atomic E-state index is 0.0740. The van der Waals surface area contributed by atoms with E-state index in [1.165, 1.54) is 0 Å². The lowest BCUT2D eigenvalue weighted by Gasteiger charge is -2.25. The quantitative estimate of drug-likeness (QED) is 0.602. The van der Waals surface area contributed by atoms with Crippen LogP contribution in [0.15, 0.2) is 24.3 Å². The first kappa shape index (κ1) is 7.35. The fraction of sp³-hybridized carbons (Fsp3) is 0.400. The van der Waals surface area contributed by atoms with E-state index in [4.69, 9.17) is 14.2 Å². The molecule has 1 aromatic rings. The second-order valence-electron chi connectivity index (χ2n) is 3.26. The lowest BCUT2D eigenvalue weighted by molar-refractivity contribution is 0.0325. The molecule has 1 saturated heterocycles. The molecule has 2 atom stereocenters. The van der Waals surface area contributed by atoms with E-state index in [-0.39, 0.29) is 12.2 Å². The molecule has 0 saturated carbocycles. The summed E-state index contributed by atoms with van der Waals surface area (Å²) in [6.07, 6.45) is 0.153. The molecule has 2 aliphatic heterocycles. The van der Waals surface area contributed by atoms with Crippen LogP contribution < -0.4 is 4.74 Å². The molecule has 3 rings (SSSR count). The molecular formula is C10H10O3. The van der Waals surface area contributed by atoms with Gasteiger partial charge in [-0.15, -0.1) is 0 Å². The van der Waals surface area contributed by atoms with Crippen molar-refractivity contribution in [1.29, 1.82) is 0 Å². The maximum absolute atomic E-state index is 5.53. The smallest absolute Gasteiger partial charge is 0.148 e. The van der Waals surface area contributed by atoms with Gasteiger partial charge in [0.25, 0.3) is 0 Å². The van der Waals surface area contributed by atoms with Crippen LogP contribution >= 0.6 is 0 Å². The van der Waals surface area contributed by atoms with Gasteiger partial charge in [0.2, 0.25) is 0 Å². The molecule has 1 aromatic carbocycles. The van der Waals surface area contributed by atoms with E-state index in [9.17, 15) is 0 Å². The molecule has 2 aliphatic rings. The Kier molecular flexibility index (Phi) is 1.54. The fourth-order valence-corrected chi connectivity index (χ4v) is 1.84. The Morgan fingerprint density at radius 3 is 3.08 bits per heavy atom. The Labute approximate surface area is 76.2 Å². The molecule has 0 aliphatic carbocycles. The molecule has 0 amide bonds. The van der Waals surface area contributed by atoms with Crippen molar-refractivity contribution in [3.05, 3.63) is 29.8 Å². The van der Waals surface area contributed by atoms with E-state index in [1.807, 2.05) is 24.3 Å². The number of ether oxygens (including phenoxy) is 3. The third-order valence-corrected chi connectivity index (χ3v) is 2.50. The first-order chi connectivity index (χ1) is 6.45. The molecule has 3 nitrogen and oxygen atoms in total. The molecule has 0 spiro atoms. The first-order valence-electron chi connectivity index (χ1n) is 4.40. The van der Waals surface area contributed by atoms with Gasteiger partial charge in [-0.2, -0.15) is 0 Å². The Hall–Kier alpha value is -1.06. The molecule has 2 heterocycles. The number of benzene rings is 1. The number of para-hydroxylation sites is 1. The minimum Gasteiger partial charge on any atom is -0.490 e. The van der Waals surface area contributed by atoms with Gasteiger partial charge in [0.15, 0.2) is 0 Å². The molecule has 3 heteroatoms. The van der Waals surface area contributed by atoms with E-state index in [1.54, 1.807) is 0 Å². The van der Waals surface area contributed by atoms with Gasteiger partial charge in [-0.3, -0.25) is 0 Å². The number of fused-ring (bicyclic) bond motifs is 3. The average Bonchev–Trinajstić information content (AvgIpc) is 2.65.